The molecule has 0 spiro atoms. The average molecular weight is 359 g/mol. The smallest absolute Gasteiger partial charge is 0.0632 e. The molecule has 0 heterocycles. The van der Waals surface area contributed by atoms with Crippen molar-refractivity contribution in [1.29, 1.82) is 0 Å². The second kappa shape index (κ2) is 7.80. The van der Waals surface area contributed by atoms with Crippen molar-refractivity contribution in [3.05, 3.63) is 60.7 Å². The molecule has 0 aliphatic rings. The zero-order valence-corrected chi connectivity index (χ0v) is 15.4. The van der Waals surface area contributed by atoms with Gasteiger partial charge in [0.25, 0.3) is 0 Å². The summed E-state index contributed by atoms with van der Waals surface area (Å²) in [5.74, 6) is 0. The Hall–Kier alpha value is -0.544. The molecule has 2 aromatic rings. The third-order valence-electron chi connectivity index (χ3n) is 1.93. The molecule has 0 unspecified atom stereocenters. The van der Waals surface area contributed by atoms with E-state index in [1.807, 2.05) is 0 Å². The summed E-state index contributed by atoms with van der Waals surface area (Å²) in [4.78, 5) is 0. The maximum absolute atomic E-state index is 2.23. The Kier molecular flexibility index (Phi) is 6.72. The molecule has 0 N–H and O–H groups in total. The Morgan fingerprint density at radius 1 is 0.722 bits per heavy atom. The zero-order valence-electron chi connectivity index (χ0n) is 11.4. The molecule has 0 saturated heterocycles. The molecular weight excluding hydrogens is 339 g/mol. The minimum atomic E-state index is 0.271. The molecule has 0 fully saturated rings. The Bertz CT molecular complexity index is 388. The Morgan fingerprint density at radius 3 is 1.28 bits per heavy atom. The van der Waals surface area contributed by atoms with E-state index < -0.39 is 0 Å². The fraction of sp³-hybridized carbons (Fsp3) is 0.250. The predicted molar refractivity (Wildman–Crippen MR) is 84.8 cm³/mol. The zero-order chi connectivity index (χ0) is 13.4. The summed E-state index contributed by atoms with van der Waals surface area (Å²) in [6.07, 6.45) is 0. The van der Waals surface area contributed by atoms with Gasteiger partial charge >= 0.3 is 46.7 Å². The van der Waals surface area contributed by atoms with Gasteiger partial charge in [-0.2, -0.15) is 0 Å². The van der Waals surface area contributed by atoms with Gasteiger partial charge in [-0.3, -0.25) is 0 Å². The van der Waals surface area contributed by atoms with Crippen LogP contribution in [0.5, 0.6) is 0 Å². The van der Waals surface area contributed by atoms with Crippen LogP contribution in [-0.4, -0.2) is 32.0 Å². The van der Waals surface area contributed by atoms with Crippen LogP contribution in [0.25, 0.3) is 0 Å². The summed E-state index contributed by atoms with van der Waals surface area (Å²) in [5, 5.41) is 2.90. The number of hydrogen-bond donors (Lipinski definition) is 0. The molecule has 0 nitrogen and oxygen atoms in total. The topological polar surface area (TPSA) is 0 Å². The molecule has 0 amide bonds. The van der Waals surface area contributed by atoms with Crippen LogP contribution in [0, 0.1) is 0 Å². The molecule has 2 rings (SSSR count). The van der Waals surface area contributed by atoms with Crippen molar-refractivity contribution in [2.24, 2.45) is 0 Å². The summed E-state index contributed by atoms with van der Waals surface area (Å²) < 4.78 is 0.590. The summed E-state index contributed by atoms with van der Waals surface area (Å²) >= 11 is 1.62. The Labute approximate surface area is 127 Å². The monoisotopic (exact) mass is 360 g/mol. The molecule has 0 aliphatic heterocycles. The average Bonchev–Trinajstić information content (AvgIpc) is 2.29. The first-order chi connectivity index (χ1) is 8.45. The van der Waals surface area contributed by atoms with E-state index in [4.69, 9.17) is 0 Å². The van der Waals surface area contributed by atoms with Crippen molar-refractivity contribution in [2.75, 3.05) is 0 Å². The van der Waals surface area contributed by atoms with E-state index >= 15 is 0 Å². The maximum Gasteiger partial charge on any atom is 0.103 e. The van der Waals surface area contributed by atoms with Crippen LogP contribution >= 0.6 is 0 Å². The van der Waals surface area contributed by atoms with Gasteiger partial charge in [0.2, 0.25) is 0 Å². The van der Waals surface area contributed by atoms with Crippen LogP contribution in [-0.2, 0) is 0 Å². The second-order valence-electron chi connectivity index (χ2n) is 5.22. The van der Waals surface area contributed by atoms with E-state index in [1.54, 1.807) is 22.5 Å². The third kappa shape index (κ3) is 8.53. The fourth-order valence-electron chi connectivity index (χ4n) is 1.29. The molecular formula is C16H20SiSn. The minimum Gasteiger partial charge on any atom is -0.0632 e. The normalized spacial score (nSPS) is 10.4. The van der Waals surface area contributed by atoms with Crippen molar-refractivity contribution in [3.63, 3.8) is 0 Å². The minimum absolute atomic E-state index is 0.271. The van der Waals surface area contributed by atoms with Gasteiger partial charge < -0.3 is 0 Å². The number of benzene rings is 2. The van der Waals surface area contributed by atoms with Crippen LogP contribution in [0.4, 0.5) is 0 Å². The van der Waals surface area contributed by atoms with E-state index in [2.05, 4.69) is 81.4 Å². The van der Waals surface area contributed by atoms with E-state index in [1.165, 1.54) is 10.4 Å². The Morgan fingerprint density at radius 2 is 1.00 bits per heavy atom. The molecule has 92 valence electrons. The molecule has 2 aromatic carbocycles. The summed E-state index contributed by atoms with van der Waals surface area (Å²) in [5.41, 5.74) is 0. The van der Waals surface area contributed by atoms with Gasteiger partial charge in [0.05, 0.1) is 0 Å². The molecule has 4 radical (unpaired) electrons. The third-order valence-corrected chi connectivity index (χ3v) is 3.37. The van der Waals surface area contributed by atoms with Gasteiger partial charge in [-0.1, -0.05) is 71.0 Å². The van der Waals surface area contributed by atoms with E-state index in [-0.39, 0.29) is 9.52 Å². The van der Waals surface area contributed by atoms with Crippen molar-refractivity contribution in [2.45, 2.75) is 24.2 Å². The summed E-state index contributed by atoms with van der Waals surface area (Å²) in [6.45, 7) is 6.68. The molecule has 0 aromatic heterocycles. The summed E-state index contributed by atoms with van der Waals surface area (Å²) in [7, 11) is 0.271. The van der Waals surface area contributed by atoms with Crippen molar-refractivity contribution < 1.29 is 0 Å². The van der Waals surface area contributed by atoms with Crippen LogP contribution in [0.15, 0.2) is 60.7 Å². The first-order valence-corrected chi connectivity index (χ1v) is 8.73. The first kappa shape index (κ1) is 15.5. The van der Waals surface area contributed by atoms with Crippen molar-refractivity contribution in [3.8, 4) is 0 Å². The fourth-order valence-corrected chi connectivity index (χ4v) is 2.51. The first-order valence-electron chi connectivity index (χ1n) is 6.15. The van der Waals surface area contributed by atoms with Crippen LogP contribution in [0.3, 0.4) is 0 Å². The molecule has 0 bridgehead atoms. The van der Waals surface area contributed by atoms with E-state index in [0.717, 1.165) is 0 Å². The largest absolute Gasteiger partial charge is 0.103 e. The molecule has 18 heavy (non-hydrogen) atoms. The predicted octanol–water partition coefficient (Wildman–Crippen LogP) is 2.45. The van der Waals surface area contributed by atoms with Crippen molar-refractivity contribution in [1.82, 2.24) is 0 Å². The Balaban J connectivity index is 0.000000280. The van der Waals surface area contributed by atoms with Gasteiger partial charge in [-0.15, -0.1) is 0 Å². The molecule has 0 aliphatic carbocycles. The van der Waals surface area contributed by atoms with Crippen molar-refractivity contribution >= 4 is 42.4 Å². The van der Waals surface area contributed by atoms with Crippen LogP contribution < -0.4 is 10.4 Å². The quantitative estimate of drug-likeness (QED) is 0.723. The van der Waals surface area contributed by atoms with Crippen LogP contribution in [0.1, 0.15) is 20.8 Å². The molecule has 0 saturated carbocycles. The van der Waals surface area contributed by atoms with Gasteiger partial charge in [0.15, 0.2) is 0 Å². The number of hydrogen-bond acceptors (Lipinski definition) is 0. The van der Waals surface area contributed by atoms with Gasteiger partial charge in [-0.05, 0) is 0 Å². The summed E-state index contributed by atoms with van der Waals surface area (Å²) in [6, 6.07) is 21.3. The van der Waals surface area contributed by atoms with Gasteiger partial charge in [0.1, 0.15) is 9.52 Å². The molecule has 0 atom stereocenters. The van der Waals surface area contributed by atoms with E-state index in [9.17, 15) is 0 Å². The van der Waals surface area contributed by atoms with Gasteiger partial charge in [-0.25, -0.2) is 0 Å². The maximum atomic E-state index is 2.23. The second-order valence-corrected chi connectivity index (χ2v) is 11.1. The van der Waals surface area contributed by atoms with E-state index in [0.29, 0.717) is 3.43 Å². The van der Waals surface area contributed by atoms with Crippen LogP contribution in [0.2, 0.25) is 3.43 Å². The number of rotatable bonds is 2. The SMILES string of the molecule is C[C](C)(C)[Sn].c1ccc([SiH]c2ccccc2)cc1. The standard InChI is InChI=1S/C12H11Si.C4H9.Sn/c1-3-7-11(8-4-1)13-12-9-5-2-6-10-12;1-4(2)3;/h1-10,13H;1-3H3;. The molecule has 2 heteroatoms. The van der Waals surface area contributed by atoms with Gasteiger partial charge in [0, 0.05) is 0 Å².